The molecule has 1 aromatic carbocycles. The zero-order valence-electron chi connectivity index (χ0n) is 10.2. The van der Waals surface area contributed by atoms with E-state index >= 15 is 0 Å². The molecule has 0 fully saturated rings. The number of benzene rings is 1. The second-order valence-electron chi connectivity index (χ2n) is 4.84. The molecule has 0 saturated carbocycles. The van der Waals surface area contributed by atoms with E-state index in [1.807, 2.05) is 13.8 Å². The molecule has 0 saturated heterocycles. The molecule has 18 heavy (non-hydrogen) atoms. The summed E-state index contributed by atoms with van der Waals surface area (Å²) in [5.74, 6) is -1.13. The van der Waals surface area contributed by atoms with Gasteiger partial charge in [0.05, 0.1) is 0 Å². The number of phenolic OH excluding ortho intramolecular Hbond substituents is 1. The average molecular weight is 263 g/mol. The van der Waals surface area contributed by atoms with E-state index in [1.165, 1.54) is 12.1 Å². The first-order valence-corrected chi connectivity index (χ1v) is 5.43. The second-order valence-corrected chi connectivity index (χ2v) is 4.84. The van der Waals surface area contributed by atoms with Crippen LogP contribution in [0.4, 0.5) is 13.2 Å². The quantitative estimate of drug-likeness (QED) is 0.878. The standard InChI is InChI=1S/C12H16F3NO2/c1-11(2,16)6-5-8-3-4-9(17)10(7-8)18-12(13,14)15/h3-4,7,17H,5-6,16H2,1-2H3. The van der Waals surface area contributed by atoms with Crippen molar-refractivity contribution < 1.29 is 23.0 Å². The fraction of sp³-hybridized carbons (Fsp3) is 0.500. The Morgan fingerprint density at radius 1 is 1.28 bits per heavy atom. The number of nitrogens with two attached hydrogens (primary N) is 1. The summed E-state index contributed by atoms with van der Waals surface area (Å²) >= 11 is 0. The monoisotopic (exact) mass is 263 g/mol. The first-order chi connectivity index (χ1) is 8.07. The fourth-order valence-corrected chi connectivity index (χ4v) is 1.39. The fourth-order valence-electron chi connectivity index (χ4n) is 1.39. The van der Waals surface area contributed by atoms with Gasteiger partial charge in [-0.25, -0.2) is 0 Å². The zero-order chi connectivity index (χ0) is 14.0. The van der Waals surface area contributed by atoms with Gasteiger partial charge in [0, 0.05) is 5.54 Å². The van der Waals surface area contributed by atoms with Crippen molar-refractivity contribution >= 4 is 0 Å². The summed E-state index contributed by atoms with van der Waals surface area (Å²) in [5, 5.41) is 9.28. The summed E-state index contributed by atoms with van der Waals surface area (Å²) in [5.41, 5.74) is 6.02. The molecule has 0 aliphatic rings. The Hall–Kier alpha value is -1.43. The van der Waals surface area contributed by atoms with Crippen LogP contribution >= 0.6 is 0 Å². The number of aromatic hydroxyl groups is 1. The highest BCUT2D eigenvalue weighted by atomic mass is 19.4. The van der Waals surface area contributed by atoms with Crippen molar-refractivity contribution in [2.45, 2.75) is 38.6 Å². The van der Waals surface area contributed by atoms with Crippen molar-refractivity contribution in [2.24, 2.45) is 5.73 Å². The van der Waals surface area contributed by atoms with Crippen LogP contribution in [-0.2, 0) is 6.42 Å². The summed E-state index contributed by atoms with van der Waals surface area (Å²) in [6.07, 6.45) is -3.69. The van der Waals surface area contributed by atoms with Gasteiger partial charge in [-0.3, -0.25) is 0 Å². The van der Waals surface area contributed by atoms with E-state index in [4.69, 9.17) is 5.73 Å². The van der Waals surface area contributed by atoms with E-state index in [0.29, 0.717) is 18.4 Å². The van der Waals surface area contributed by atoms with E-state index in [-0.39, 0.29) is 0 Å². The summed E-state index contributed by atoms with van der Waals surface area (Å²) in [6.45, 7) is 3.67. The van der Waals surface area contributed by atoms with E-state index < -0.39 is 23.4 Å². The maximum atomic E-state index is 12.1. The number of rotatable bonds is 4. The molecule has 0 heterocycles. The molecule has 0 aromatic heterocycles. The molecule has 0 aliphatic heterocycles. The molecule has 0 unspecified atom stereocenters. The number of phenols is 1. The van der Waals surface area contributed by atoms with Crippen molar-refractivity contribution in [3.05, 3.63) is 23.8 Å². The van der Waals surface area contributed by atoms with E-state index in [2.05, 4.69) is 4.74 Å². The lowest BCUT2D eigenvalue weighted by molar-refractivity contribution is -0.275. The molecule has 0 aliphatic carbocycles. The van der Waals surface area contributed by atoms with Crippen molar-refractivity contribution in [1.29, 1.82) is 0 Å². The molecular formula is C12H16F3NO2. The molecule has 1 aromatic rings. The second kappa shape index (κ2) is 5.06. The predicted octanol–water partition coefficient (Wildman–Crippen LogP) is 2.96. The smallest absolute Gasteiger partial charge is 0.504 e. The zero-order valence-corrected chi connectivity index (χ0v) is 10.2. The third-order valence-electron chi connectivity index (χ3n) is 2.31. The van der Waals surface area contributed by atoms with Gasteiger partial charge in [-0.2, -0.15) is 0 Å². The molecule has 6 heteroatoms. The van der Waals surface area contributed by atoms with E-state index in [1.54, 1.807) is 6.07 Å². The van der Waals surface area contributed by atoms with Crippen molar-refractivity contribution in [2.75, 3.05) is 0 Å². The van der Waals surface area contributed by atoms with Gasteiger partial charge in [-0.15, -0.1) is 13.2 Å². The highest BCUT2D eigenvalue weighted by molar-refractivity contribution is 5.42. The van der Waals surface area contributed by atoms with Gasteiger partial charge in [-0.1, -0.05) is 6.07 Å². The molecule has 0 spiro atoms. The maximum absolute atomic E-state index is 12.1. The normalized spacial score (nSPS) is 12.6. The van der Waals surface area contributed by atoms with E-state index in [9.17, 15) is 18.3 Å². The Kier molecular flexibility index (Phi) is 4.11. The highest BCUT2D eigenvalue weighted by Crippen LogP contribution is 2.32. The number of halogens is 3. The minimum atomic E-state index is -4.82. The van der Waals surface area contributed by atoms with Gasteiger partial charge in [0.25, 0.3) is 0 Å². The minimum Gasteiger partial charge on any atom is -0.504 e. The van der Waals surface area contributed by atoms with Crippen LogP contribution in [-0.4, -0.2) is 17.0 Å². The Morgan fingerprint density at radius 2 is 1.89 bits per heavy atom. The Morgan fingerprint density at radius 3 is 2.39 bits per heavy atom. The molecule has 0 amide bonds. The largest absolute Gasteiger partial charge is 0.573 e. The minimum absolute atomic E-state index is 0.400. The van der Waals surface area contributed by atoms with Gasteiger partial charge in [0.2, 0.25) is 0 Å². The van der Waals surface area contributed by atoms with Crippen LogP contribution in [0.2, 0.25) is 0 Å². The third kappa shape index (κ3) is 5.27. The van der Waals surface area contributed by atoms with Gasteiger partial charge in [0.15, 0.2) is 11.5 Å². The van der Waals surface area contributed by atoms with Crippen LogP contribution in [0, 0.1) is 0 Å². The topological polar surface area (TPSA) is 55.5 Å². The van der Waals surface area contributed by atoms with Crippen LogP contribution in [0.25, 0.3) is 0 Å². The lowest BCUT2D eigenvalue weighted by Gasteiger charge is -2.18. The molecule has 3 N–H and O–H groups in total. The maximum Gasteiger partial charge on any atom is 0.573 e. The highest BCUT2D eigenvalue weighted by Gasteiger charge is 2.32. The van der Waals surface area contributed by atoms with Crippen LogP contribution in [0.15, 0.2) is 18.2 Å². The number of hydrogen-bond acceptors (Lipinski definition) is 3. The van der Waals surface area contributed by atoms with Crippen LogP contribution in [0.1, 0.15) is 25.8 Å². The van der Waals surface area contributed by atoms with Crippen LogP contribution < -0.4 is 10.5 Å². The van der Waals surface area contributed by atoms with Crippen molar-refractivity contribution in [3.63, 3.8) is 0 Å². The lowest BCUT2D eigenvalue weighted by atomic mass is 9.96. The Bertz CT molecular complexity index is 411. The van der Waals surface area contributed by atoms with Crippen molar-refractivity contribution in [3.8, 4) is 11.5 Å². The van der Waals surface area contributed by atoms with Gasteiger partial charge >= 0.3 is 6.36 Å². The summed E-state index contributed by atoms with van der Waals surface area (Å²) in [7, 11) is 0. The molecule has 0 bridgehead atoms. The molecule has 3 nitrogen and oxygen atoms in total. The van der Waals surface area contributed by atoms with Crippen LogP contribution in [0.3, 0.4) is 0 Å². The number of alkyl halides is 3. The lowest BCUT2D eigenvalue weighted by Crippen LogP contribution is -2.32. The third-order valence-corrected chi connectivity index (χ3v) is 2.31. The Labute approximate surface area is 103 Å². The molecule has 1 rings (SSSR count). The summed E-state index contributed by atoms with van der Waals surface area (Å²) < 4.78 is 39.9. The predicted molar refractivity (Wildman–Crippen MR) is 61.4 cm³/mol. The van der Waals surface area contributed by atoms with Crippen molar-refractivity contribution in [1.82, 2.24) is 0 Å². The first-order valence-electron chi connectivity index (χ1n) is 5.43. The summed E-state index contributed by atoms with van der Waals surface area (Å²) in [6, 6.07) is 3.90. The average Bonchev–Trinajstić information content (AvgIpc) is 2.16. The van der Waals surface area contributed by atoms with Gasteiger partial charge in [0.1, 0.15) is 0 Å². The Balaban J connectivity index is 2.81. The number of aryl methyl sites for hydroxylation is 1. The van der Waals surface area contributed by atoms with Gasteiger partial charge in [-0.05, 0) is 44.4 Å². The molecule has 0 radical (unpaired) electrons. The number of hydrogen-bond donors (Lipinski definition) is 2. The molecular weight excluding hydrogens is 247 g/mol. The summed E-state index contributed by atoms with van der Waals surface area (Å²) in [4.78, 5) is 0. The van der Waals surface area contributed by atoms with E-state index in [0.717, 1.165) is 0 Å². The van der Waals surface area contributed by atoms with Crippen LogP contribution in [0.5, 0.6) is 11.5 Å². The SMILES string of the molecule is CC(C)(N)CCc1ccc(O)c(OC(F)(F)F)c1. The molecule has 102 valence electrons. The van der Waals surface area contributed by atoms with Gasteiger partial charge < -0.3 is 15.6 Å². The first kappa shape index (κ1) is 14.6. The number of ether oxygens (including phenoxy) is 1. The molecule has 0 atom stereocenters.